The molecule has 2 aliphatic heterocycles. The van der Waals surface area contributed by atoms with Crippen LogP contribution in [0.3, 0.4) is 0 Å². The van der Waals surface area contributed by atoms with Crippen LogP contribution in [0.4, 0.5) is 0 Å². The molecular formula is C11H18N4S. The Bertz CT molecular complexity index is 310. The van der Waals surface area contributed by atoms with Gasteiger partial charge in [-0.1, -0.05) is 18.2 Å². The highest BCUT2D eigenvalue weighted by molar-refractivity contribution is 8.13. The molecule has 16 heavy (non-hydrogen) atoms. The van der Waals surface area contributed by atoms with E-state index in [4.69, 9.17) is 5.26 Å². The van der Waals surface area contributed by atoms with Crippen molar-refractivity contribution in [3.63, 3.8) is 0 Å². The molecule has 0 radical (unpaired) electrons. The average molecular weight is 238 g/mol. The van der Waals surface area contributed by atoms with Crippen LogP contribution in [0.2, 0.25) is 0 Å². The third kappa shape index (κ3) is 2.50. The summed E-state index contributed by atoms with van der Waals surface area (Å²) >= 11 is 1.58. The third-order valence-corrected chi connectivity index (χ3v) is 4.15. The zero-order valence-corrected chi connectivity index (χ0v) is 10.5. The van der Waals surface area contributed by atoms with Crippen LogP contribution in [-0.4, -0.2) is 53.4 Å². The van der Waals surface area contributed by atoms with E-state index in [9.17, 15) is 0 Å². The number of hydrogen-bond acceptors (Lipinski definition) is 4. The number of aliphatic imine (C=N–C) groups is 1. The van der Waals surface area contributed by atoms with Gasteiger partial charge in [0.05, 0.1) is 0 Å². The van der Waals surface area contributed by atoms with Gasteiger partial charge in [-0.15, -0.1) is 4.99 Å². The normalized spacial score (nSPS) is 27.4. The van der Waals surface area contributed by atoms with Crippen molar-refractivity contribution in [1.82, 2.24) is 9.80 Å². The van der Waals surface area contributed by atoms with Gasteiger partial charge in [0.25, 0.3) is 0 Å². The Morgan fingerprint density at radius 2 is 2.25 bits per heavy atom. The number of amidine groups is 1. The van der Waals surface area contributed by atoms with Gasteiger partial charge in [0.15, 0.2) is 5.17 Å². The van der Waals surface area contributed by atoms with Crippen molar-refractivity contribution < 1.29 is 0 Å². The van der Waals surface area contributed by atoms with E-state index in [2.05, 4.69) is 14.8 Å². The zero-order chi connectivity index (χ0) is 11.4. The fourth-order valence-electron chi connectivity index (χ4n) is 2.62. The lowest BCUT2D eigenvalue weighted by Gasteiger charge is -2.44. The Kier molecular flexibility index (Phi) is 4.08. The van der Waals surface area contributed by atoms with E-state index in [-0.39, 0.29) is 0 Å². The first kappa shape index (κ1) is 11.7. The minimum absolute atomic E-state index is 0.679. The molecule has 0 aromatic rings. The van der Waals surface area contributed by atoms with Crippen molar-refractivity contribution in [2.24, 2.45) is 4.99 Å². The van der Waals surface area contributed by atoms with E-state index in [1.54, 1.807) is 11.8 Å². The molecule has 0 aliphatic carbocycles. The van der Waals surface area contributed by atoms with E-state index >= 15 is 0 Å². The summed E-state index contributed by atoms with van der Waals surface area (Å²) in [6, 6.07) is 0.679. The average Bonchev–Trinajstić information content (AvgIpc) is 2.35. The monoisotopic (exact) mass is 238 g/mol. The number of piperazine rings is 1. The van der Waals surface area contributed by atoms with Crippen molar-refractivity contribution in [3.05, 3.63) is 0 Å². The van der Waals surface area contributed by atoms with Crippen LogP contribution in [0, 0.1) is 11.5 Å². The first-order valence-corrected chi connectivity index (χ1v) is 7.07. The second-order valence-corrected chi connectivity index (χ2v) is 5.10. The first-order valence-electron chi connectivity index (χ1n) is 5.85. The number of fused-ring (bicyclic) bond motifs is 1. The van der Waals surface area contributed by atoms with Gasteiger partial charge in [-0.05, 0) is 25.6 Å². The van der Waals surface area contributed by atoms with Crippen LogP contribution >= 0.6 is 11.8 Å². The first-order chi connectivity index (χ1) is 7.85. The van der Waals surface area contributed by atoms with E-state index in [0.717, 1.165) is 24.8 Å². The molecule has 2 saturated heterocycles. The lowest BCUT2D eigenvalue weighted by Crippen LogP contribution is -2.55. The number of hydrogen-bond donors (Lipinski definition) is 0. The Labute approximate surface area is 101 Å². The maximum atomic E-state index is 8.64. The van der Waals surface area contributed by atoms with Crippen LogP contribution in [0.5, 0.6) is 0 Å². The molecule has 0 spiro atoms. The van der Waals surface area contributed by atoms with Gasteiger partial charge < -0.3 is 4.90 Å². The number of piperidine rings is 1. The third-order valence-electron chi connectivity index (χ3n) is 3.44. The van der Waals surface area contributed by atoms with Crippen LogP contribution in [0.1, 0.15) is 19.3 Å². The number of rotatable bonds is 0. The molecule has 88 valence electrons. The summed E-state index contributed by atoms with van der Waals surface area (Å²) in [5.74, 6) is 0. The van der Waals surface area contributed by atoms with E-state index in [0.29, 0.717) is 6.04 Å². The van der Waals surface area contributed by atoms with Crippen LogP contribution < -0.4 is 0 Å². The Morgan fingerprint density at radius 1 is 1.38 bits per heavy atom. The molecule has 0 saturated carbocycles. The zero-order valence-electron chi connectivity index (χ0n) is 9.72. The smallest absolute Gasteiger partial charge is 0.208 e. The van der Waals surface area contributed by atoms with E-state index in [1.807, 2.05) is 12.4 Å². The van der Waals surface area contributed by atoms with Crippen LogP contribution in [0.25, 0.3) is 0 Å². The molecule has 0 bridgehead atoms. The summed E-state index contributed by atoms with van der Waals surface area (Å²) in [5.41, 5.74) is 0. The molecule has 2 aliphatic rings. The molecule has 0 aromatic heterocycles. The van der Waals surface area contributed by atoms with Gasteiger partial charge in [-0.2, -0.15) is 5.26 Å². The minimum Gasteiger partial charge on any atom is -0.348 e. The van der Waals surface area contributed by atoms with Gasteiger partial charge in [0, 0.05) is 25.7 Å². The molecule has 0 amide bonds. The quantitative estimate of drug-likeness (QED) is 0.363. The molecule has 2 heterocycles. The van der Waals surface area contributed by atoms with E-state index in [1.165, 1.54) is 25.8 Å². The number of nitriles is 1. The van der Waals surface area contributed by atoms with Gasteiger partial charge in [-0.25, -0.2) is 0 Å². The standard InChI is InChI=1S/C11H18N4S/c1-16-11(13-9-12)15-7-6-14-5-3-2-4-10(14)8-15/h10H,2-8H2,1H3. The Hall–Kier alpha value is -0.730. The SMILES string of the molecule is CSC(=NC#N)N1CCN2CCCCC2C1. The maximum Gasteiger partial charge on any atom is 0.208 e. The highest BCUT2D eigenvalue weighted by atomic mass is 32.2. The van der Waals surface area contributed by atoms with Gasteiger partial charge in [0.2, 0.25) is 6.19 Å². The molecular weight excluding hydrogens is 220 g/mol. The van der Waals surface area contributed by atoms with Gasteiger partial charge in [0.1, 0.15) is 0 Å². The highest BCUT2D eigenvalue weighted by Gasteiger charge is 2.29. The lowest BCUT2D eigenvalue weighted by atomic mass is 10.00. The molecule has 1 atom stereocenters. The fraction of sp³-hybridized carbons (Fsp3) is 0.818. The molecule has 4 nitrogen and oxygen atoms in total. The predicted octanol–water partition coefficient (Wildman–Crippen LogP) is 1.36. The van der Waals surface area contributed by atoms with Crippen LogP contribution in [0.15, 0.2) is 4.99 Å². The molecule has 5 heteroatoms. The molecule has 1 unspecified atom stereocenters. The van der Waals surface area contributed by atoms with Crippen molar-refractivity contribution in [2.75, 3.05) is 32.4 Å². The fourth-order valence-corrected chi connectivity index (χ4v) is 3.17. The Balaban J connectivity index is 1.99. The lowest BCUT2D eigenvalue weighted by molar-refractivity contribution is 0.0816. The van der Waals surface area contributed by atoms with E-state index < -0.39 is 0 Å². The summed E-state index contributed by atoms with van der Waals surface area (Å²) < 4.78 is 0. The molecule has 2 rings (SSSR count). The van der Waals surface area contributed by atoms with Gasteiger partial charge >= 0.3 is 0 Å². The second kappa shape index (κ2) is 5.55. The topological polar surface area (TPSA) is 42.6 Å². The van der Waals surface area contributed by atoms with Crippen molar-refractivity contribution in [2.45, 2.75) is 25.3 Å². The van der Waals surface area contributed by atoms with Crippen molar-refractivity contribution >= 4 is 16.9 Å². The minimum atomic E-state index is 0.679. The number of nitrogens with zero attached hydrogens (tertiary/aromatic N) is 4. The summed E-state index contributed by atoms with van der Waals surface area (Å²) in [5, 5.41) is 9.53. The maximum absolute atomic E-state index is 8.64. The predicted molar refractivity (Wildman–Crippen MR) is 67.3 cm³/mol. The van der Waals surface area contributed by atoms with Crippen molar-refractivity contribution in [3.8, 4) is 6.19 Å². The molecule has 0 N–H and O–H groups in total. The number of thioether (sulfide) groups is 1. The van der Waals surface area contributed by atoms with Gasteiger partial charge in [-0.3, -0.25) is 4.90 Å². The second-order valence-electron chi connectivity index (χ2n) is 4.33. The molecule has 0 aromatic carbocycles. The Morgan fingerprint density at radius 3 is 3.00 bits per heavy atom. The van der Waals surface area contributed by atoms with Crippen LogP contribution in [-0.2, 0) is 0 Å². The highest BCUT2D eigenvalue weighted by Crippen LogP contribution is 2.22. The largest absolute Gasteiger partial charge is 0.348 e. The summed E-state index contributed by atoms with van der Waals surface area (Å²) in [4.78, 5) is 8.75. The molecule has 2 fully saturated rings. The summed E-state index contributed by atoms with van der Waals surface area (Å²) in [7, 11) is 0. The summed E-state index contributed by atoms with van der Waals surface area (Å²) in [6.07, 6.45) is 7.88. The van der Waals surface area contributed by atoms with Crippen molar-refractivity contribution in [1.29, 1.82) is 5.26 Å². The summed E-state index contributed by atoms with van der Waals surface area (Å²) in [6.45, 7) is 4.43.